The predicted octanol–water partition coefficient (Wildman–Crippen LogP) is 0.965. The van der Waals surface area contributed by atoms with Crippen LogP contribution in [0.5, 0.6) is 5.75 Å². The highest BCUT2D eigenvalue weighted by atomic mass is 16.5. The van der Waals surface area contributed by atoms with Crippen molar-refractivity contribution in [3.8, 4) is 5.75 Å². The Morgan fingerprint density at radius 2 is 2.37 bits per heavy atom. The van der Waals surface area contributed by atoms with Crippen LogP contribution in [0, 0.1) is 6.92 Å². The molecule has 0 unspecified atom stereocenters. The number of nitrogens with one attached hydrogen (secondary N) is 1. The number of H-pyrrole nitrogens is 1. The summed E-state index contributed by atoms with van der Waals surface area (Å²) >= 11 is 0. The molecular weight excluding hydrogens is 240 g/mol. The Balaban J connectivity index is 1.95. The van der Waals surface area contributed by atoms with Gasteiger partial charge in [-0.05, 0) is 31.2 Å². The van der Waals surface area contributed by atoms with Crippen molar-refractivity contribution in [2.24, 2.45) is 0 Å². The first-order chi connectivity index (χ1) is 9.20. The van der Waals surface area contributed by atoms with Gasteiger partial charge in [-0.1, -0.05) is 12.6 Å². The number of hydrogen-bond acceptors (Lipinski definition) is 2. The van der Waals surface area contributed by atoms with Gasteiger partial charge in [-0.2, -0.15) is 0 Å². The van der Waals surface area contributed by atoms with Gasteiger partial charge < -0.3 is 20.1 Å². The molecular formula is C15H21N2O2+. The smallest absolute Gasteiger partial charge is 0.137 e. The summed E-state index contributed by atoms with van der Waals surface area (Å²) in [5.41, 5.74) is 2.16. The number of fused-ring (bicyclic) bond motifs is 1. The van der Waals surface area contributed by atoms with Gasteiger partial charge in [0.15, 0.2) is 0 Å². The Hall–Kier alpha value is -1.78. The van der Waals surface area contributed by atoms with E-state index in [0.29, 0.717) is 13.2 Å². The third kappa shape index (κ3) is 3.59. The van der Waals surface area contributed by atoms with E-state index in [2.05, 4.69) is 17.6 Å². The second kappa shape index (κ2) is 6.41. The Morgan fingerprint density at radius 1 is 1.53 bits per heavy atom. The van der Waals surface area contributed by atoms with E-state index in [0.717, 1.165) is 28.9 Å². The van der Waals surface area contributed by atoms with Gasteiger partial charge in [0.1, 0.15) is 25.0 Å². The molecule has 0 aliphatic carbocycles. The number of aliphatic hydroxyl groups is 1. The Kier molecular flexibility index (Phi) is 4.60. The number of aryl methyl sites for hydroxylation is 1. The Morgan fingerprint density at radius 3 is 3.16 bits per heavy atom. The number of aliphatic hydroxyl groups excluding tert-OH is 1. The van der Waals surface area contributed by atoms with Crippen molar-refractivity contribution >= 4 is 10.9 Å². The quantitative estimate of drug-likeness (QED) is 0.513. The largest absolute Gasteiger partial charge is 0.490 e. The molecule has 2 rings (SSSR count). The molecule has 102 valence electrons. The fourth-order valence-electron chi connectivity index (χ4n) is 2.05. The number of benzene rings is 1. The molecule has 0 fully saturated rings. The van der Waals surface area contributed by atoms with E-state index in [9.17, 15) is 5.11 Å². The average molecular weight is 261 g/mol. The minimum absolute atomic E-state index is 0.303. The Bertz CT molecular complexity index is 548. The number of ether oxygens (including phenoxy) is 1. The van der Waals surface area contributed by atoms with Crippen molar-refractivity contribution in [1.29, 1.82) is 0 Å². The first-order valence-electron chi connectivity index (χ1n) is 6.52. The van der Waals surface area contributed by atoms with Gasteiger partial charge in [-0.25, -0.2) is 0 Å². The van der Waals surface area contributed by atoms with Crippen molar-refractivity contribution < 1.29 is 15.2 Å². The molecule has 0 amide bonds. The first kappa shape index (κ1) is 13.6. The molecule has 0 aliphatic heterocycles. The molecule has 4 heteroatoms. The molecule has 1 aromatic carbocycles. The summed E-state index contributed by atoms with van der Waals surface area (Å²) in [6.45, 7) is 7.39. The standard InChI is InChI=1S/C15H20N2O2/c1-3-7-16-9-12(18)10-19-15-6-4-5-14-13(15)8-11(2)17-14/h3-6,8,12,16-18H,1,7,9-10H2,2H3/p+1/t12-/m1/s1. The van der Waals surface area contributed by atoms with Crippen LogP contribution in [0.4, 0.5) is 0 Å². The SMILES string of the molecule is C=CC[NH2+]C[C@@H](O)COc1cccc2[nH]c(C)cc12. The second-order valence-corrected chi connectivity index (χ2v) is 4.68. The number of aromatic amines is 1. The van der Waals surface area contributed by atoms with Crippen LogP contribution in [0.15, 0.2) is 36.9 Å². The van der Waals surface area contributed by atoms with Crippen LogP contribution in [0.25, 0.3) is 10.9 Å². The fourth-order valence-corrected chi connectivity index (χ4v) is 2.05. The maximum atomic E-state index is 9.82. The van der Waals surface area contributed by atoms with E-state index in [1.165, 1.54) is 0 Å². The molecule has 0 saturated heterocycles. The molecule has 4 N–H and O–H groups in total. The third-order valence-electron chi connectivity index (χ3n) is 2.96. The van der Waals surface area contributed by atoms with Crippen LogP contribution in [-0.2, 0) is 0 Å². The van der Waals surface area contributed by atoms with Crippen molar-refractivity contribution in [3.63, 3.8) is 0 Å². The van der Waals surface area contributed by atoms with Gasteiger partial charge in [-0.15, -0.1) is 0 Å². The summed E-state index contributed by atoms with van der Waals surface area (Å²) < 4.78 is 5.71. The van der Waals surface area contributed by atoms with Crippen molar-refractivity contribution in [1.82, 2.24) is 4.98 Å². The van der Waals surface area contributed by atoms with Gasteiger partial charge >= 0.3 is 0 Å². The van der Waals surface area contributed by atoms with Crippen molar-refractivity contribution in [2.75, 3.05) is 19.7 Å². The molecule has 4 nitrogen and oxygen atoms in total. The van der Waals surface area contributed by atoms with Crippen LogP contribution in [0.1, 0.15) is 5.69 Å². The van der Waals surface area contributed by atoms with E-state index >= 15 is 0 Å². The van der Waals surface area contributed by atoms with Crippen molar-refractivity contribution in [3.05, 3.63) is 42.6 Å². The third-order valence-corrected chi connectivity index (χ3v) is 2.96. The highest BCUT2D eigenvalue weighted by Gasteiger charge is 2.09. The molecule has 0 bridgehead atoms. The van der Waals surface area contributed by atoms with Crippen molar-refractivity contribution in [2.45, 2.75) is 13.0 Å². The minimum atomic E-state index is -0.477. The van der Waals surface area contributed by atoms with Gasteiger partial charge in [0.2, 0.25) is 0 Å². The monoisotopic (exact) mass is 261 g/mol. The zero-order valence-corrected chi connectivity index (χ0v) is 11.2. The van der Waals surface area contributed by atoms with E-state index in [1.54, 1.807) is 0 Å². The lowest BCUT2D eigenvalue weighted by Gasteiger charge is -2.11. The zero-order valence-electron chi connectivity index (χ0n) is 11.2. The van der Waals surface area contributed by atoms with Crippen LogP contribution in [0.2, 0.25) is 0 Å². The molecule has 19 heavy (non-hydrogen) atoms. The molecule has 1 atom stereocenters. The lowest BCUT2D eigenvalue weighted by Crippen LogP contribution is -2.86. The summed E-state index contributed by atoms with van der Waals surface area (Å²) in [7, 11) is 0. The van der Waals surface area contributed by atoms with Crippen LogP contribution >= 0.6 is 0 Å². The van der Waals surface area contributed by atoms with Gasteiger partial charge in [0.05, 0.1) is 6.54 Å². The topological polar surface area (TPSA) is 61.9 Å². The molecule has 1 heterocycles. The fraction of sp³-hybridized carbons (Fsp3) is 0.333. The number of aromatic nitrogens is 1. The summed E-state index contributed by atoms with van der Waals surface area (Å²) in [6, 6.07) is 7.95. The summed E-state index contributed by atoms with van der Waals surface area (Å²) in [5.74, 6) is 0.810. The van der Waals surface area contributed by atoms with Gasteiger partial charge in [0.25, 0.3) is 0 Å². The highest BCUT2D eigenvalue weighted by molar-refractivity contribution is 5.86. The average Bonchev–Trinajstić information content (AvgIpc) is 2.77. The zero-order chi connectivity index (χ0) is 13.7. The van der Waals surface area contributed by atoms with Gasteiger partial charge in [-0.3, -0.25) is 0 Å². The molecule has 0 spiro atoms. The van der Waals surface area contributed by atoms with Gasteiger partial charge in [0, 0.05) is 16.6 Å². The Labute approximate surface area is 113 Å². The van der Waals surface area contributed by atoms with E-state index in [-0.39, 0.29) is 0 Å². The van der Waals surface area contributed by atoms with E-state index < -0.39 is 6.10 Å². The second-order valence-electron chi connectivity index (χ2n) is 4.68. The summed E-state index contributed by atoms with van der Waals surface area (Å²) in [4.78, 5) is 3.27. The predicted molar refractivity (Wildman–Crippen MR) is 76.4 cm³/mol. The van der Waals surface area contributed by atoms with Crippen LogP contribution < -0.4 is 10.1 Å². The van der Waals surface area contributed by atoms with Crippen LogP contribution in [-0.4, -0.2) is 35.9 Å². The molecule has 2 aromatic rings. The lowest BCUT2D eigenvalue weighted by atomic mass is 10.2. The molecule has 0 aliphatic rings. The van der Waals surface area contributed by atoms with Crippen LogP contribution in [0.3, 0.4) is 0 Å². The summed E-state index contributed by atoms with van der Waals surface area (Å²) in [5, 5.41) is 12.9. The molecule has 0 saturated carbocycles. The number of rotatable bonds is 7. The maximum absolute atomic E-state index is 9.82. The number of hydrogen-bond donors (Lipinski definition) is 3. The molecule has 1 aromatic heterocycles. The number of quaternary nitrogens is 1. The maximum Gasteiger partial charge on any atom is 0.137 e. The summed E-state index contributed by atoms with van der Waals surface area (Å²) in [6.07, 6.45) is 1.34. The van der Waals surface area contributed by atoms with E-state index in [1.807, 2.05) is 36.5 Å². The lowest BCUT2D eigenvalue weighted by molar-refractivity contribution is -0.652. The molecule has 0 radical (unpaired) electrons. The minimum Gasteiger partial charge on any atom is -0.490 e. The normalized spacial score (nSPS) is 12.5. The number of nitrogens with two attached hydrogens (primary N) is 1. The first-order valence-corrected chi connectivity index (χ1v) is 6.52. The van der Waals surface area contributed by atoms with E-state index in [4.69, 9.17) is 4.74 Å². The highest BCUT2D eigenvalue weighted by Crippen LogP contribution is 2.26.